The number of carbonyl (C=O) groups is 1. The molecule has 168 valence electrons. The van der Waals surface area contributed by atoms with Crippen molar-refractivity contribution in [1.82, 2.24) is 15.5 Å². The molecule has 3 fully saturated rings. The first-order chi connectivity index (χ1) is 13.7. The van der Waals surface area contributed by atoms with Crippen LogP contribution in [0.2, 0.25) is 0 Å². The molecule has 1 amide bonds. The lowest BCUT2D eigenvalue weighted by Gasteiger charge is -2.35. The molecule has 2 aliphatic heterocycles. The van der Waals surface area contributed by atoms with Crippen molar-refractivity contribution in [2.75, 3.05) is 39.9 Å². The number of halogens is 1. The van der Waals surface area contributed by atoms with E-state index < -0.39 is 0 Å². The number of likely N-dealkylation sites (tertiary alicyclic amines) is 1. The molecule has 1 atom stereocenters. The van der Waals surface area contributed by atoms with Gasteiger partial charge in [-0.05, 0) is 44.9 Å². The molecule has 0 spiro atoms. The molecule has 0 bridgehead atoms. The summed E-state index contributed by atoms with van der Waals surface area (Å²) < 4.78 is 11.8. The molecular weight excluding hydrogens is 483 g/mol. The summed E-state index contributed by atoms with van der Waals surface area (Å²) in [7, 11) is 1.78. The smallest absolute Gasteiger partial charge is 0.239 e. The van der Waals surface area contributed by atoms with Crippen LogP contribution >= 0.6 is 24.0 Å². The van der Waals surface area contributed by atoms with Gasteiger partial charge in [-0.25, -0.2) is 0 Å². The summed E-state index contributed by atoms with van der Waals surface area (Å²) in [5.74, 6) is 0.881. The Balaban J connectivity index is 0.00000300. The molecule has 2 saturated heterocycles. The number of rotatable bonds is 6. The van der Waals surface area contributed by atoms with Gasteiger partial charge in [0.05, 0.1) is 25.4 Å². The fourth-order valence-electron chi connectivity index (χ4n) is 4.43. The van der Waals surface area contributed by atoms with E-state index in [1.54, 1.807) is 7.05 Å². The Morgan fingerprint density at radius 3 is 2.45 bits per heavy atom. The molecular formula is C21H39IN4O3. The van der Waals surface area contributed by atoms with Crippen LogP contribution < -0.4 is 10.6 Å². The summed E-state index contributed by atoms with van der Waals surface area (Å²) in [6, 6.07) is 0.353. The summed E-state index contributed by atoms with van der Waals surface area (Å²) in [5, 5.41) is 6.38. The second-order valence-electron chi connectivity index (χ2n) is 8.31. The van der Waals surface area contributed by atoms with E-state index >= 15 is 0 Å². The summed E-state index contributed by atoms with van der Waals surface area (Å²) >= 11 is 0. The number of nitrogens with one attached hydrogen (secondary N) is 2. The highest BCUT2D eigenvalue weighted by atomic mass is 127. The number of guanidine groups is 1. The van der Waals surface area contributed by atoms with E-state index in [-0.39, 0.29) is 36.0 Å². The Kier molecular flexibility index (Phi) is 11.6. The molecule has 7 nitrogen and oxygen atoms in total. The average Bonchev–Trinajstić information content (AvgIpc) is 2.75. The Morgan fingerprint density at radius 2 is 1.79 bits per heavy atom. The molecule has 0 radical (unpaired) electrons. The van der Waals surface area contributed by atoms with E-state index in [9.17, 15) is 4.79 Å². The van der Waals surface area contributed by atoms with Gasteiger partial charge in [0.1, 0.15) is 0 Å². The van der Waals surface area contributed by atoms with Gasteiger partial charge in [-0.3, -0.25) is 9.79 Å². The van der Waals surface area contributed by atoms with Gasteiger partial charge in [-0.15, -0.1) is 24.0 Å². The maximum atomic E-state index is 12.2. The van der Waals surface area contributed by atoms with E-state index in [0.717, 1.165) is 64.4 Å². The highest BCUT2D eigenvalue weighted by Crippen LogP contribution is 2.18. The standard InChI is InChI=1S/C21H38N4O3.HI/c1-22-21(23-15-20(26)24-17-7-3-2-4-8-17)25-12-10-18(11-13-25)28-16-19-9-5-6-14-27-19;/h17-19H,2-16H2,1H3,(H,22,23)(H,24,26);1H. The normalized spacial score (nSPS) is 24.7. The molecule has 8 heteroatoms. The predicted molar refractivity (Wildman–Crippen MR) is 126 cm³/mol. The number of amides is 1. The summed E-state index contributed by atoms with van der Waals surface area (Å²) in [6.45, 7) is 3.70. The molecule has 1 saturated carbocycles. The van der Waals surface area contributed by atoms with E-state index in [1.165, 1.54) is 32.1 Å². The highest BCUT2D eigenvalue weighted by Gasteiger charge is 2.24. The van der Waals surface area contributed by atoms with E-state index in [0.29, 0.717) is 18.7 Å². The van der Waals surface area contributed by atoms with Gasteiger partial charge in [-0.2, -0.15) is 0 Å². The number of hydrogen-bond donors (Lipinski definition) is 2. The number of piperidine rings is 1. The zero-order valence-electron chi connectivity index (χ0n) is 17.9. The van der Waals surface area contributed by atoms with Gasteiger partial charge in [0.25, 0.3) is 0 Å². The van der Waals surface area contributed by atoms with E-state index in [2.05, 4.69) is 20.5 Å². The first-order valence-corrected chi connectivity index (χ1v) is 11.2. The molecule has 2 N–H and O–H groups in total. The van der Waals surface area contributed by atoms with Crippen molar-refractivity contribution in [1.29, 1.82) is 0 Å². The monoisotopic (exact) mass is 522 g/mol. The molecule has 3 rings (SSSR count). The van der Waals surface area contributed by atoms with Crippen LogP contribution in [0.25, 0.3) is 0 Å². The Labute approximate surface area is 192 Å². The van der Waals surface area contributed by atoms with Gasteiger partial charge in [-0.1, -0.05) is 19.3 Å². The van der Waals surface area contributed by atoms with Crippen molar-refractivity contribution >= 4 is 35.8 Å². The van der Waals surface area contributed by atoms with Gasteiger partial charge in [0.15, 0.2) is 5.96 Å². The van der Waals surface area contributed by atoms with E-state index in [4.69, 9.17) is 9.47 Å². The first kappa shape index (κ1) is 24.7. The van der Waals surface area contributed by atoms with Crippen LogP contribution in [0, 0.1) is 0 Å². The quantitative estimate of drug-likeness (QED) is 0.319. The third-order valence-electron chi connectivity index (χ3n) is 6.12. The number of ether oxygens (including phenoxy) is 2. The molecule has 0 aromatic heterocycles. The van der Waals surface area contributed by atoms with Crippen molar-refractivity contribution in [2.45, 2.75) is 82.5 Å². The molecule has 1 aliphatic carbocycles. The molecule has 0 aromatic rings. The summed E-state index contributed by atoms with van der Waals surface area (Å²) in [5.41, 5.74) is 0. The molecule has 3 aliphatic rings. The van der Waals surface area contributed by atoms with Crippen LogP contribution in [0.1, 0.15) is 64.2 Å². The lowest BCUT2D eigenvalue weighted by Crippen LogP contribution is -2.50. The van der Waals surface area contributed by atoms with Gasteiger partial charge in [0.2, 0.25) is 5.91 Å². The molecule has 2 heterocycles. The minimum absolute atomic E-state index is 0. The van der Waals surface area contributed by atoms with Crippen molar-refractivity contribution in [3.63, 3.8) is 0 Å². The maximum Gasteiger partial charge on any atom is 0.239 e. The van der Waals surface area contributed by atoms with E-state index in [1.807, 2.05) is 0 Å². The van der Waals surface area contributed by atoms with Crippen LogP contribution in [0.5, 0.6) is 0 Å². The van der Waals surface area contributed by atoms with Crippen molar-refractivity contribution in [2.24, 2.45) is 4.99 Å². The number of carbonyl (C=O) groups excluding carboxylic acids is 1. The molecule has 0 aromatic carbocycles. The fraction of sp³-hybridized carbons (Fsp3) is 0.905. The minimum atomic E-state index is 0. The fourth-order valence-corrected chi connectivity index (χ4v) is 4.43. The average molecular weight is 522 g/mol. The topological polar surface area (TPSA) is 75.2 Å². The zero-order chi connectivity index (χ0) is 19.6. The highest BCUT2D eigenvalue weighted by molar-refractivity contribution is 14.0. The van der Waals surface area contributed by atoms with Crippen LogP contribution in [0.3, 0.4) is 0 Å². The second kappa shape index (κ2) is 13.6. The Hall–Kier alpha value is -0.610. The van der Waals surface area contributed by atoms with Crippen LogP contribution in [0.4, 0.5) is 0 Å². The van der Waals surface area contributed by atoms with Crippen LogP contribution in [-0.2, 0) is 14.3 Å². The number of aliphatic imine (C=N–C) groups is 1. The Bertz CT molecular complexity index is 500. The summed E-state index contributed by atoms with van der Waals surface area (Å²) in [4.78, 5) is 18.8. The number of hydrogen-bond acceptors (Lipinski definition) is 4. The largest absolute Gasteiger partial charge is 0.376 e. The third kappa shape index (κ3) is 8.57. The van der Waals surface area contributed by atoms with Crippen molar-refractivity contribution in [3.8, 4) is 0 Å². The first-order valence-electron chi connectivity index (χ1n) is 11.2. The van der Waals surface area contributed by atoms with Gasteiger partial charge >= 0.3 is 0 Å². The lowest BCUT2D eigenvalue weighted by atomic mass is 9.95. The molecule has 29 heavy (non-hydrogen) atoms. The van der Waals surface area contributed by atoms with Gasteiger partial charge in [0, 0.05) is 32.8 Å². The maximum absolute atomic E-state index is 12.2. The van der Waals surface area contributed by atoms with Crippen LogP contribution in [-0.4, -0.2) is 74.9 Å². The van der Waals surface area contributed by atoms with Crippen molar-refractivity contribution in [3.05, 3.63) is 0 Å². The predicted octanol–water partition coefficient (Wildman–Crippen LogP) is 2.68. The van der Waals surface area contributed by atoms with Crippen LogP contribution in [0.15, 0.2) is 4.99 Å². The van der Waals surface area contributed by atoms with Crippen molar-refractivity contribution < 1.29 is 14.3 Å². The molecule has 1 unspecified atom stereocenters. The summed E-state index contributed by atoms with van der Waals surface area (Å²) in [6.07, 6.45) is 12.1. The minimum Gasteiger partial charge on any atom is -0.376 e. The second-order valence-corrected chi connectivity index (χ2v) is 8.31. The Morgan fingerprint density at radius 1 is 1.07 bits per heavy atom. The lowest BCUT2D eigenvalue weighted by molar-refractivity contribution is -0.120. The SMILES string of the molecule is CN=C(NCC(=O)NC1CCCCC1)N1CCC(OCC2CCCCO2)CC1.I. The third-order valence-corrected chi connectivity index (χ3v) is 6.12. The van der Waals surface area contributed by atoms with Gasteiger partial charge < -0.3 is 25.0 Å². The number of nitrogens with zero attached hydrogens (tertiary/aromatic N) is 2. The zero-order valence-corrected chi connectivity index (χ0v) is 20.2.